The topological polar surface area (TPSA) is 45.6 Å². The number of hydrogen-bond acceptors (Lipinski definition) is 3. The van der Waals surface area contributed by atoms with Crippen LogP contribution < -0.4 is 0 Å². The smallest absolute Gasteiger partial charge is 0.242 e. The highest BCUT2D eigenvalue weighted by Gasteiger charge is 2.35. The van der Waals surface area contributed by atoms with Crippen molar-refractivity contribution in [2.45, 2.75) is 39.7 Å². The molecule has 1 aliphatic rings. The van der Waals surface area contributed by atoms with Crippen LogP contribution in [0.3, 0.4) is 0 Å². The van der Waals surface area contributed by atoms with E-state index in [0.29, 0.717) is 17.9 Å². The van der Waals surface area contributed by atoms with E-state index in [1.54, 1.807) is 5.01 Å². The molecule has 4 aromatic rings. The number of carbonyl (C=O) groups is 1. The molecule has 1 aromatic heterocycles. The summed E-state index contributed by atoms with van der Waals surface area (Å²) in [5.74, 6) is 0.0164. The third-order valence-electron chi connectivity index (χ3n) is 6.51. The lowest BCUT2D eigenvalue weighted by molar-refractivity contribution is -0.132. The fraction of sp³-hybridized carbons (Fsp3) is 0.207. The van der Waals surface area contributed by atoms with Crippen LogP contribution in [0.5, 0.6) is 0 Å². The fourth-order valence-electron chi connectivity index (χ4n) is 4.86. The molecule has 1 aliphatic heterocycles. The van der Waals surface area contributed by atoms with E-state index in [0.717, 1.165) is 50.1 Å². The first kappa shape index (κ1) is 22.3. The van der Waals surface area contributed by atoms with E-state index in [4.69, 9.17) is 21.7 Å². The lowest BCUT2D eigenvalue weighted by atomic mass is 9.88. The van der Waals surface area contributed by atoms with Crippen LogP contribution in [0, 0.1) is 13.8 Å². The van der Waals surface area contributed by atoms with Gasteiger partial charge >= 0.3 is 0 Å². The summed E-state index contributed by atoms with van der Waals surface area (Å²) < 4.78 is 0. The Morgan fingerprint density at radius 3 is 2.41 bits per heavy atom. The number of amides is 1. The monoisotopic (exact) mass is 467 g/mol. The van der Waals surface area contributed by atoms with Crippen LogP contribution in [0.15, 0.2) is 77.9 Å². The van der Waals surface area contributed by atoms with E-state index in [1.165, 1.54) is 0 Å². The van der Waals surface area contributed by atoms with Crippen molar-refractivity contribution in [1.29, 1.82) is 0 Å². The maximum absolute atomic E-state index is 13.0. The zero-order valence-electron chi connectivity index (χ0n) is 19.5. The summed E-state index contributed by atoms with van der Waals surface area (Å²) in [4.78, 5) is 17.9. The second-order valence-electron chi connectivity index (χ2n) is 8.69. The van der Waals surface area contributed by atoms with Gasteiger partial charge in [0.2, 0.25) is 5.91 Å². The number of aryl methyl sites for hydroxylation is 2. The van der Waals surface area contributed by atoms with Crippen molar-refractivity contribution < 1.29 is 4.79 Å². The lowest BCUT2D eigenvalue weighted by Crippen LogP contribution is -2.26. The average Bonchev–Trinajstić information content (AvgIpc) is 3.28. The minimum Gasteiger partial charge on any atom is -0.273 e. The summed E-state index contributed by atoms with van der Waals surface area (Å²) in [6, 6.07) is 24.2. The molecule has 0 radical (unpaired) electrons. The van der Waals surface area contributed by atoms with Crippen molar-refractivity contribution in [3.8, 4) is 11.1 Å². The summed E-state index contributed by atoms with van der Waals surface area (Å²) in [6.07, 6.45) is 1.04. The number of para-hydroxylation sites is 1. The first-order chi connectivity index (χ1) is 16.5. The molecule has 0 saturated heterocycles. The summed E-state index contributed by atoms with van der Waals surface area (Å²) in [5, 5.41) is 8.36. The molecule has 2 heterocycles. The van der Waals surface area contributed by atoms with E-state index in [9.17, 15) is 4.79 Å². The van der Waals surface area contributed by atoms with Gasteiger partial charge in [-0.2, -0.15) is 5.10 Å². The van der Waals surface area contributed by atoms with Crippen LogP contribution in [-0.2, 0) is 4.79 Å². The lowest BCUT2D eigenvalue weighted by Gasteiger charge is -2.23. The second kappa shape index (κ2) is 9.03. The van der Waals surface area contributed by atoms with Gasteiger partial charge in [0.05, 0.1) is 17.3 Å². The summed E-state index contributed by atoms with van der Waals surface area (Å²) in [6.45, 7) is 5.99. The molecule has 0 saturated carbocycles. The second-order valence-corrected chi connectivity index (χ2v) is 9.12. The predicted molar refractivity (Wildman–Crippen MR) is 139 cm³/mol. The Morgan fingerprint density at radius 2 is 1.68 bits per heavy atom. The van der Waals surface area contributed by atoms with Gasteiger partial charge in [-0.05, 0) is 48.7 Å². The Hall–Kier alpha value is -3.50. The number of nitrogens with zero attached hydrogens (tertiary/aromatic N) is 3. The molecule has 0 N–H and O–H groups in total. The first-order valence-electron chi connectivity index (χ1n) is 11.6. The molecule has 0 bridgehead atoms. The Balaban J connectivity index is 1.73. The van der Waals surface area contributed by atoms with E-state index < -0.39 is 0 Å². The summed E-state index contributed by atoms with van der Waals surface area (Å²) >= 11 is 6.21. The standard InChI is InChI=1S/C29H26ClN3O/c1-4-27(34)33-26(22-10-6-5-9-18(22)2)17-25(32-33)28-19(3)31-24-12-8-7-11-23(24)29(28)20-13-15-21(30)16-14-20/h5-16,26H,4,17H2,1-3H3/t26-/m0/s1. The predicted octanol–water partition coefficient (Wildman–Crippen LogP) is 7.26. The molecule has 1 amide bonds. The van der Waals surface area contributed by atoms with Gasteiger partial charge in [0.25, 0.3) is 0 Å². The average molecular weight is 468 g/mol. The normalized spacial score (nSPS) is 15.6. The number of benzene rings is 3. The maximum atomic E-state index is 13.0. The van der Waals surface area contributed by atoms with Crippen LogP contribution in [0.2, 0.25) is 5.02 Å². The number of hydrazone groups is 1. The molecule has 3 aromatic carbocycles. The molecule has 1 atom stereocenters. The molecule has 170 valence electrons. The SMILES string of the molecule is CCC(=O)N1N=C(c2c(C)nc3ccccc3c2-c2ccc(Cl)cc2)C[C@H]1c1ccccc1C. The molecule has 0 aliphatic carbocycles. The Bertz CT molecular complexity index is 1430. The number of fused-ring (bicyclic) bond motifs is 1. The largest absolute Gasteiger partial charge is 0.273 e. The molecule has 0 unspecified atom stereocenters. The molecule has 5 rings (SSSR count). The van der Waals surface area contributed by atoms with Gasteiger partial charge in [0.1, 0.15) is 0 Å². The Morgan fingerprint density at radius 1 is 0.971 bits per heavy atom. The Labute approximate surface area is 204 Å². The van der Waals surface area contributed by atoms with Crippen molar-refractivity contribution in [3.05, 3.63) is 100 Å². The van der Waals surface area contributed by atoms with Crippen molar-refractivity contribution in [3.63, 3.8) is 0 Å². The molecule has 0 spiro atoms. The van der Waals surface area contributed by atoms with Gasteiger partial charge in [-0.1, -0.05) is 73.1 Å². The Kier molecular flexibility index (Phi) is 5.93. The first-order valence-corrected chi connectivity index (χ1v) is 12.0. The van der Waals surface area contributed by atoms with Crippen LogP contribution in [0.1, 0.15) is 48.2 Å². The fourth-order valence-corrected chi connectivity index (χ4v) is 4.99. The van der Waals surface area contributed by atoms with Gasteiger partial charge in [-0.25, -0.2) is 5.01 Å². The van der Waals surface area contributed by atoms with E-state index in [-0.39, 0.29) is 11.9 Å². The number of aromatic nitrogens is 1. The highest BCUT2D eigenvalue weighted by molar-refractivity contribution is 6.30. The zero-order valence-corrected chi connectivity index (χ0v) is 20.3. The van der Waals surface area contributed by atoms with Crippen LogP contribution in [-0.4, -0.2) is 21.6 Å². The highest BCUT2D eigenvalue weighted by atomic mass is 35.5. The van der Waals surface area contributed by atoms with Gasteiger partial charge < -0.3 is 0 Å². The van der Waals surface area contributed by atoms with E-state index in [1.807, 2.05) is 68.4 Å². The van der Waals surface area contributed by atoms with Crippen molar-refractivity contribution >= 4 is 34.1 Å². The third kappa shape index (κ3) is 3.88. The quantitative estimate of drug-likeness (QED) is 0.317. The highest BCUT2D eigenvalue weighted by Crippen LogP contribution is 2.40. The molecule has 4 nitrogen and oxygen atoms in total. The van der Waals surface area contributed by atoms with Crippen molar-refractivity contribution in [2.75, 3.05) is 0 Å². The van der Waals surface area contributed by atoms with Crippen LogP contribution >= 0.6 is 11.6 Å². The van der Waals surface area contributed by atoms with Crippen molar-refractivity contribution in [2.24, 2.45) is 5.10 Å². The number of hydrogen-bond donors (Lipinski definition) is 0. The van der Waals surface area contributed by atoms with Gasteiger partial charge in [-0.15, -0.1) is 0 Å². The molecule has 0 fully saturated rings. The number of rotatable bonds is 4. The molecular weight excluding hydrogens is 442 g/mol. The van der Waals surface area contributed by atoms with Crippen LogP contribution in [0.25, 0.3) is 22.0 Å². The maximum Gasteiger partial charge on any atom is 0.242 e. The zero-order chi connectivity index (χ0) is 23.8. The minimum atomic E-state index is -0.132. The molecule has 34 heavy (non-hydrogen) atoms. The minimum absolute atomic E-state index is 0.0164. The van der Waals surface area contributed by atoms with Gasteiger partial charge in [0.15, 0.2) is 0 Å². The van der Waals surface area contributed by atoms with Crippen molar-refractivity contribution in [1.82, 2.24) is 9.99 Å². The molecular formula is C29H26ClN3O. The summed E-state index contributed by atoms with van der Waals surface area (Å²) in [7, 11) is 0. The van der Waals surface area contributed by atoms with Gasteiger partial charge in [0, 0.05) is 40.1 Å². The molecule has 5 heteroatoms. The number of halogens is 1. The third-order valence-corrected chi connectivity index (χ3v) is 6.76. The van der Waals surface area contributed by atoms with E-state index >= 15 is 0 Å². The number of carbonyl (C=O) groups excluding carboxylic acids is 1. The van der Waals surface area contributed by atoms with E-state index in [2.05, 4.69) is 25.1 Å². The van der Waals surface area contributed by atoms with Gasteiger partial charge in [-0.3, -0.25) is 9.78 Å². The summed E-state index contributed by atoms with van der Waals surface area (Å²) in [5.41, 5.74) is 8.12. The van der Waals surface area contributed by atoms with Crippen LogP contribution in [0.4, 0.5) is 0 Å². The number of pyridine rings is 1.